The van der Waals surface area contributed by atoms with Crippen molar-refractivity contribution in [2.75, 3.05) is 27.2 Å². The van der Waals surface area contributed by atoms with E-state index in [-0.39, 0.29) is 0 Å². The van der Waals surface area contributed by atoms with Gasteiger partial charge < -0.3 is 5.32 Å². The van der Waals surface area contributed by atoms with Gasteiger partial charge in [0, 0.05) is 25.8 Å². The van der Waals surface area contributed by atoms with Gasteiger partial charge in [0.25, 0.3) is 0 Å². The SMILES string of the molecule is CNCCN(C)Cc1ccncn1. The maximum atomic E-state index is 4.15. The van der Waals surface area contributed by atoms with Crippen LogP contribution in [0.4, 0.5) is 0 Å². The van der Waals surface area contributed by atoms with Gasteiger partial charge in [-0.2, -0.15) is 0 Å². The van der Waals surface area contributed by atoms with Crippen LogP contribution in [0.3, 0.4) is 0 Å². The summed E-state index contributed by atoms with van der Waals surface area (Å²) in [5.41, 5.74) is 1.06. The van der Waals surface area contributed by atoms with Crippen LogP contribution in [0.15, 0.2) is 18.6 Å². The minimum atomic E-state index is 0.879. The summed E-state index contributed by atoms with van der Waals surface area (Å²) in [4.78, 5) is 10.2. The lowest BCUT2D eigenvalue weighted by molar-refractivity contribution is 0.324. The molecule has 1 aromatic heterocycles. The van der Waals surface area contributed by atoms with Crippen molar-refractivity contribution in [3.05, 3.63) is 24.3 Å². The van der Waals surface area contributed by atoms with Gasteiger partial charge in [0.1, 0.15) is 6.33 Å². The van der Waals surface area contributed by atoms with Crippen molar-refractivity contribution in [3.63, 3.8) is 0 Å². The molecule has 4 nitrogen and oxygen atoms in total. The van der Waals surface area contributed by atoms with Gasteiger partial charge in [-0.05, 0) is 20.2 Å². The van der Waals surface area contributed by atoms with Crippen molar-refractivity contribution in [1.82, 2.24) is 20.2 Å². The number of aromatic nitrogens is 2. The largest absolute Gasteiger partial charge is 0.318 e. The van der Waals surface area contributed by atoms with Gasteiger partial charge >= 0.3 is 0 Å². The van der Waals surface area contributed by atoms with E-state index >= 15 is 0 Å². The average molecular weight is 180 g/mol. The van der Waals surface area contributed by atoms with Crippen molar-refractivity contribution < 1.29 is 0 Å². The maximum absolute atomic E-state index is 4.15. The Labute approximate surface area is 79.0 Å². The second-order valence-electron chi connectivity index (χ2n) is 3.04. The molecule has 0 amide bonds. The van der Waals surface area contributed by atoms with Crippen LogP contribution in [-0.4, -0.2) is 42.1 Å². The summed E-state index contributed by atoms with van der Waals surface area (Å²) in [6.45, 7) is 2.91. The van der Waals surface area contributed by atoms with Crippen molar-refractivity contribution in [2.45, 2.75) is 6.54 Å². The fourth-order valence-electron chi connectivity index (χ4n) is 1.07. The first kappa shape index (κ1) is 10.1. The van der Waals surface area contributed by atoms with E-state index in [0.29, 0.717) is 0 Å². The fraction of sp³-hybridized carbons (Fsp3) is 0.556. The summed E-state index contributed by atoms with van der Waals surface area (Å²) in [5, 5.41) is 3.11. The molecule has 0 spiro atoms. The van der Waals surface area contributed by atoms with Crippen molar-refractivity contribution in [3.8, 4) is 0 Å². The van der Waals surface area contributed by atoms with E-state index in [2.05, 4.69) is 27.2 Å². The van der Waals surface area contributed by atoms with Gasteiger partial charge in [0.05, 0.1) is 5.69 Å². The molecule has 4 heteroatoms. The molecule has 72 valence electrons. The molecule has 0 aliphatic rings. The van der Waals surface area contributed by atoms with Crippen molar-refractivity contribution >= 4 is 0 Å². The lowest BCUT2D eigenvalue weighted by atomic mass is 10.4. The molecule has 0 saturated heterocycles. The molecular weight excluding hydrogens is 164 g/mol. The van der Waals surface area contributed by atoms with Crippen LogP contribution in [0.1, 0.15) is 5.69 Å². The highest BCUT2D eigenvalue weighted by molar-refractivity contribution is 4.96. The maximum Gasteiger partial charge on any atom is 0.115 e. The zero-order chi connectivity index (χ0) is 9.52. The van der Waals surface area contributed by atoms with E-state index < -0.39 is 0 Å². The first-order chi connectivity index (χ1) is 6.33. The first-order valence-electron chi connectivity index (χ1n) is 4.41. The quantitative estimate of drug-likeness (QED) is 0.699. The van der Waals surface area contributed by atoms with Gasteiger partial charge in [-0.15, -0.1) is 0 Å². The first-order valence-corrected chi connectivity index (χ1v) is 4.41. The van der Waals surface area contributed by atoms with Gasteiger partial charge in [0.2, 0.25) is 0 Å². The molecule has 1 aromatic rings. The molecule has 0 unspecified atom stereocenters. The monoisotopic (exact) mass is 180 g/mol. The Morgan fingerprint density at radius 2 is 2.38 bits per heavy atom. The fourth-order valence-corrected chi connectivity index (χ4v) is 1.07. The molecule has 1 rings (SSSR count). The highest BCUT2D eigenvalue weighted by atomic mass is 15.1. The van der Waals surface area contributed by atoms with E-state index in [9.17, 15) is 0 Å². The van der Waals surface area contributed by atoms with E-state index in [4.69, 9.17) is 0 Å². The summed E-state index contributed by atoms with van der Waals surface area (Å²) in [5.74, 6) is 0. The zero-order valence-corrected chi connectivity index (χ0v) is 8.20. The van der Waals surface area contributed by atoms with Crippen LogP contribution < -0.4 is 5.32 Å². The number of likely N-dealkylation sites (N-methyl/N-ethyl adjacent to an activating group) is 2. The van der Waals surface area contributed by atoms with Crippen LogP contribution in [0.5, 0.6) is 0 Å². The smallest absolute Gasteiger partial charge is 0.115 e. The van der Waals surface area contributed by atoms with Gasteiger partial charge in [-0.3, -0.25) is 4.90 Å². The Morgan fingerprint density at radius 3 is 3.00 bits per heavy atom. The number of hydrogen-bond acceptors (Lipinski definition) is 4. The number of nitrogens with zero attached hydrogens (tertiary/aromatic N) is 3. The van der Waals surface area contributed by atoms with Gasteiger partial charge in [-0.25, -0.2) is 9.97 Å². The third-order valence-corrected chi connectivity index (χ3v) is 1.82. The molecule has 1 N–H and O–H groups in total. The zero-order valence-electron chi connectivity index (χ0n) is 8.20. The third-order valence-electron chi connectivity index (χ3n) is 1.82. The van der Waals surface area contributed by atoms with Crippen LogP contribution in [0.2, 0.25) is 0 Å². The van der Waals surface area contributed by atoms with Crippen molar-refractivity contribution in [1.29, 1.82) is 0 Å². The van der Waals surface area contributed by atoms with Gasteiger partial charge in [-0.1, -0.05) is 0 Å². The number of rotatable bonds is 5. The Kier molecular flexibility index (Phi) is 4.35. The minimum Gasteiger partial charge on any atom is -0.318 e. The lowest BCUT2D eigenvalue weighted by Crippen LogP contribution is -2.27. The Bertz CT molecular complexity index is 224. The summed E-state index contributed by atoms with van der Waals surface area (Å²) >= 11 is 0. The summed E-state index contributed by atoms with van der Waals surface area (Å²) in [6, 6.07) is 1.94. The Morgan fingerprint density at radius 1 is 1.54 bits per heavy atom. The molecule has 0 aromatic carbocycles. The molecule has 0 bridgehead atoms. The summed E-state index contributed by atoms with van der Waals surface area (Å²) in [7, 11) is 4.04. The summed E-state index contributed by atoms with van der Waals surface area (Å²) in [6.07, 6.45) is 3.36. The molecule has 1 heterocycles. The van der Waals surface area contributed by atoms with Crippen LogP contribution in [0.25, 0.3) is 0 Å². The standard InChI is InChI=1S/C9H16N4/c1-10-5-6-13(2)7-9-3-4-11-8-12-9/h3-4,8,10H,5-7H2,1-2H3. The normalized spacial score (nSPS) is 10.7. The molecule has 0 saturated carbocycles. The van der Waals surface area contributed by atoms with Gasteiger partial charge in [0.15, 0.2) is 0 Å². The number of nitrogens with one attached hydrogen (secondary N) is 1. The predicted molar refractivity (Wildman–Crippen MR) is 52.3 cm³/mol. The van der Waals surface area contributed by atoms with Crippen LogP contribution in [0, 0.1) is 0 Å². The van der Waals surface area contributed by atoms with Crippen molar-refractivity contribution in [2.24, 2.45) is 0 Å². The van der Waals surface area contributed by atoms with Crippen LogP contribution >= 0.6 is 0 Å². The minimum absolute atomic E-state index is 0.879. The number of hydrogen-bond donors (Lipinski definition) is 1. The third kappa shape index (κ3) is 3.96. The lowest BCUT2D eigenvalue weighted by Gasteiger charge is -2.15. The topological polar surface area (TPSA) is 41.0 Å². The molecule has 0 atom stereocenters. The van der Waals surface area contributed by atoms with E-state index in [1.54, 1.807) is 12.5 Å². The van der Waals surface area contributed by atoms with E-state index in [0.717, 1.165) is 25.3 Å². The summed E-state index contributed by atoms with van der Waals surface area (Å²) < 4.78 is 0. The van der Waals surface area contributed by atoms with Crippen LogP contribution in [-0.2, 0) is 6.54 Å². The molecule has 0 aliphatic carbocycles. The second kappa shape index (κ2) is 5.61. The highest BCUT2D eigenvalue weighted by Gasteiger charge is 1.99. The Balaban J connectivity index is 2.32. The molecule has 0 aliphatic heterocycles. The van der Waals surface area contributed by atoms with E-state index in [1.165, 1.54) is 0 Å². The average Bonchev–Trinajstić information content (AvgIpc) is 2.16. The molecule has 13 heavy (non-hydrogen) atoms. The van der Waals surface area contributed by atoms with E-state index in [1.807, 2.05) is 13.1 Å². The highest BCUT2D eigenvalue weighted by Crippen LogP contribution is 1.95. The predicted octanol–water partition coefficient (Wildman–Crippen LogP) is 0.128. The molecule has 0 radical (unpaired) electrons. The molecular formula is C9H16N4. The second-order valence-corrected chi connectivity index (χ2v) is 3.04. The Hall–Kier alpha value is -1.00. The molecule has 0 fully saturated rings.